The van der Waals surface area contributed by atoms with Gasteiger partial charge < -0.3 is 16.0 Å². The molecule has 11 heteroatoms. The first-order chi connectivity index (χ1) is 14.2. The molecule has 3 heterocycles. The number of benzene rings is 1. The molecule has 4 aromatic rings. The van der Waals surface area contributed by atoms with Crippen molar-refractivity contribution in [1.29, 1.82) is 0 Å². The van der Waals surface area contributed by atoms with Crippen LogP contribution in [-0.4, -0.2) is 38.4 Å². The highest BCUT2D eigenvalue weighted by Gasteiger charge is 2.13. The van der Waals surface area contributed by atoms with Gasteiger partial charge in [-0.1, -0.05) is 23.2 Å². The number of hydrogen-bond donors (Lipinski definition) is 3. The molecule has 0 aliphatic heterocycles. The predicted octanol–water partition coefficient (Wildman–Crippen LogP) is 3.66. The van der Waals surface area contributed by atoms with E-state index in [4.69, 9.17) is 27.8 Å². The van der Waals surface area contributed by atoms with E-state index >= 15 is 0 Å². The third-order valence-electron chi connectivity index (χ3n) is 3.97. The third-order valence-corrected chi connectivity index (χ3v) is 4.71. The van der Waals surface area contributed by atoms with Gasteiger partial charge in [0, 0.05) is 37.7 Å². The number of pyridine rings is 1. The Morgan fingerprint density at radius 1 is 0.862 bits per heavy atom. The van der Waals surface area contributed by atoms with Crippen molar-refractivity contribution < 1.29 is 4.63 Å². The van der Waals surface area contributed by atoms with Crippen molar-refractivity contribution >= 4 is 51.8 Å². The summed E-state index contributed by atoms with van der Waals surface area (Å²) >= 11 is 12.1. The Hall–Kier alpha value is -3.01. The molecule has 0 saturated heterocycles. The average molecular weight is 431 g/mol. The van der Waals surface area contributed by atoms with E-state index in [1.807, 2.05) is 12.1 Å². The average Bonchev–Trinajstić information content (AvgIpc) is 3.18. The second-order valence-corrected chi connectivity index (χ2v) is 6.86. The molecular formula is C18H16Cl2N8O. The van der Waals surface area contributed by atoms with Gasteiger partial charge in [0.05, 0.1) is 10.0 Å². The molecule has 9 nitrogen and oxygen atoms in total. The Kier molecular flexibility index (Phi) is 5.99. The smallest absolute Gasteiger partial charge is 0.245 e. The molecule has 4 rings (SSSR count). The van der Waals surface area contributed by atoms with Crippen molar-refractivity contribution in [3.8, 4) is 0 Å². The van der Waals surface area contributed by atoms with Crippen LogP contribution in [0.5, 0.6) is 0 Å². The molecule has 0 radical (unpaired) electrons. The Morgan fingerprint density at radius 3 is 2.38 bits per heavy atom. The fourth-order valence-electron chi connectivity index (χ4n) is 2.56. The van der Waals surface area contributed by atoms with Gasteiger partial charge in [-0.25, -0.2) is 14.6 Å². The van der Waals surface area contributed by atoms with E-state index in [1.165, 1.54) is 0 Å². The molecule has 0 spiro atoms. The normalized spacial score (nSPS) is 11.0. The third kappa shape index (κ3) is 4.89. The zero-order valence-electron chi connectivity index (χ0n) is 15.1. The summed E-state index contributed by atoms with van der Waals surface area (Å²) in [4.78, 5) is 12.9. The molecule has 0 unspecified atom stereocenters. The summed E-state index contributed by atoms with van der Waals surface area (Å²) in [6.45, 7) is 2.08. The molecule has 3 aromatic heterocycles. The Labute approximate surface area is 175 Å². The van der Waals surface area contributed by atoms with E-state index in [2.05, 4.69) is 41.2 Å². The Morgan fingerprint density at radius 2 is 1.62 bits per heavy atom. The highest BCUT2D eigenvalue weighted by molar-refractivity contribution is 6.42. The van der Waals surface area contributed by atoms with Gasteiger partial charge in [-0.05, 0) is 46.2 Å². The number of nitrogens with one attached hydrogen (secondary N) is 3. The van der Waals surface area contributed by atoms with Crippen molar-refractivity contribution in [3.05, 3.63) is 58.3 Å². The highest BCUT2D eigenvalue weighted by Crippen LogP contribution is 2.28. The summed E-state index contributed by atoms with van der Waals surface area (Å²) in [5, 5.41) is 18.2. The lowest BCUT2D eigenvalue weighted by atomic mass is 10.3. The van der Waals surface area contributed by atoms with Crippen molar-refractivity contribution in [2.75, 3.05) is 23.7 Å². The highest BCUT2D eigenvalue weighted by atomic mass is 35.5. The lowest BCUT2D eigenvalue weighted by Crippen LogP contribution is -2.22. The van der Waals surface area contributed by atoms with Gasteiger partial charge in [0.1, 0.15) is 0 Å². The number of fused-ring (bicyclic) bond motifs is 1. The van der Waals surface area contributed by atoms with E-state index in [-0.39, 0.29) is 0 Å². The van der Waals surface area contributed by atoms with Crippen LogP contribution in [0.4, 0.5) is 17.3 Å². The van der Waals surface area contributed by atoms with Crippen LogP contribution in [0.25, 0.3) is 11.3 Å². The van der Waals surface area contributed by atoms with Gasteiger partial charge in [0.2, 0.25) is 11.3 Å². The first-order valence-electron chi connectivity index (χ1n) is 8.75. The van der Waals surface area contributed by atoms with Crippen molar-refractivity contribution in [3.63, 3.8) is 0 Å². The molecule has 3 N–H and O–H groups in total. The molecule has 0 bridgehead atoms. The summed E-state index contributed by atoms with van der Waals surface area (Å²) in [5.74, 6) is 0.991. The van der Waals surface area contributed by atoms with Crippen LogP contribution in [0.15, 0.2) is 47.4 Å². The molecule has 0 aliphatic rings. The summed E-state index contributed by atoms with van der Waals surface area (Å²) in [5.41, 5.74) is 2.49. The van der Waals surface area contributed by atoms with E-state index in [0.29, 0.717) is 51.8 Å². The number of aromatic nitrogens is 5. The van der Waals surface area contributed by atoms with E-state index in [9.17, 15) is 0 Å². The minimum absolute atomic E-state index is 0.300. The van der Waals surface area contributed by atoms with Crippen LogP contribution in [-0.2, 0) is 6.54 Å². The molecule has 0 amide bonds. The minimum Gasteiger partial charge on any atom is -0.366 e. The van der Waals surface area contributed by atoms with Gasteiger partial charge in [-0.15, -0.1) is 0 Å². The van der Waals surface area contributed by atoms with Crippen LogP contribution in [0.2, 0.25) is 10.0 Å². The molecule has 0 aliphatic carbocycles. The minimum atomic E-state index is 0.300. The first-order valence-corrected chi connectivity index (χ1v) is 9.50. The lowest BCUT2D eigenvalue weighted by molar-refractivity contribution is 0.314. The standard InChI is InChI=1S/C18H16Cl2N8O/c19-13-2-1-12(9-14(13)20)24-16-15(25-17-18(26-16)28-29-27-17)23-8-7-22-10-11-3-5-21-6-4-11/h1-6,9,22H,7-8,10H2,(H,23,25,27)(H,24,26,28). The van der Waals surface area contributed by atoms with Crippen LogP contribution < -0.4 is 16.0 Å². The van der Waals surface area contributed by atoms with Crippen LogP contribution in [0.1, 0.15) is 5.56 Å². The number of hydrogen-bond acceptors (Lipinski definition) is 9. The molecule has 1 aromatic carbocycles. The van der Waals surface area contributed by atoms with Crippen molar-refractivity contribution in [2.24, 2.45) is 0 Å². The second kappa shape index (κ2) is 8.99. The van der Waals surface area contributed by atoms with Crippen molar-refractivity contribution in [1.82, 2.24) is 30.6 Å². The van der Waals surface area contributed by atoms with Gasteiger partial charge in [0.15, 0.2) is 11.6 Å². The second-order valence-electron chi connectivity index (χ2n) is 6.05. The summed E-state index contributed by atoms with van der Waals surface area (Å²) in [6.07, 6.45) is 3.54. The number of nitrogens with zero attached hydrogens (tertiary/aromatic N) is 5. The van der Waals surface area contributed by atoms with E-state index < -0.39 is 0 Å². The van der Waals surface area contributed by atoms with Crippen LogP contribution >= 0.6 is 23.2 Å². The number of anilines is 3. The molecule has 0 fully saturated rings. The molecular weight excluding hydrogens is 415 g/mol. The van der Waals surface area contributed by atoms with Crippen molar-refractivity contribution in [2.45, 2.75) is 6.54 Å². The maximum absolute atomic E-state index is 6.09. The molecule has 29 heavy (non-hydrogen) atoms. The topological polar surface area (TPSA) is 114 Å². The SMILES string of the molecule is Clc1ccc(Nc2nc3nonc3nc2NCCNCc2ccncc2)cc1Cl. The number of rotatable bonds is 8. The summed E-state index contributed by atoms with van der Waals surface area (Å²) < 4.78 is 4.72. The molecule has 0 saturated carbocycles. The fourth-order valence-corrected chi connectivity index (χ4v) is 2.86. The lowest BCUT2D eigenvalue weighted by Gasteiger charge is -2.12. The molecule has 148 valence electrons. The Bertz CT molecular complexity index is 1110. The largest absolute Gasteiger partial charge is 0.366 e. The zero-order valence-corrected chi connectivity index (χ0v) is 16.6. The molecule has 0 atom stereocenters. The first kappa shape index (κ1) is 19.3. The monoisotopic (exact) mass is 430 g/mol. The van der Waals surface area contributed by atoms with E-state index in [0.717, 1.165) is 12.1 Å². The summed E-state index contributed by atoms with van der Waals surface area (Å²) in [6, 6.07) is 9.14. The predicted molar refractivity (Wildman–Crippen MR) is 112 cm³/mol. The quantitative estimate of drug-likeness (QED) is 0.360. The fraction of sp³-hybridized carbons (Fsp3) is 0.167. The summed E-state index contributed by atoms with van der Waals surface area (Å²) in [7, 11) is 0. The van der Waals surface area contributed by atoms with E-state index in [1.54, 1.807) is 30.6 Å². The maximum Gasteiger partial charge on any atom is 0.245 e. The zero-order chi connectivity index (χ0) is 20.1. The van der Waals surface area contributed by atoms with Crippen LogP contribution in [0.3, 0.4) is 0 Å². The Balaban J connectivity index is 1.44. The van der Waals surface area contributed by atoms with Gasteiger partial charge in [-0.3, -0.25) is 4.98 Å². The van der Waals surface area contributed by atoms with Crippen LogP contribution in [0, 0.1) is 0 Å². The maximum atomic E-state index is 6.09. The number of halogens is 2. The van der Waals surface area contributed by atoms with Gasteiger partial charge >= 0.3 is 0 Å². The van der Waals surface area contributed by atoms with Gasteiger partial charge in [-0.2, -0.15) is 0 Å². The van der Waals surface area contributed by atoms with Gasteiger partial charge in [0.25, 0.3) is 0 Å².